The van der Waals surface area contributed by atoms with Crippen molar-refractivity contribution in [2.75, 3.05) is 6.54 Å². The third-order valence-corrected chi connectivity index (χ3v) is 7.33. The highest BCUT2D eigenvalue weighted by atomic mass is 35.5. The Bertz CT molecular complexity index is 1250. The highest BCUT2D eigenvalue weighted by Gasteiger charge is 2.20. The van der Waals surface area contributed by atoms with Gasteiger partial charge in [-0.15, -0.1) is 21.5 Å². The molecule has 4 rings (SSSR count). The smallest absolute Gasteiger partial charge is 0.270 e. The van der Waals surface area contributed by atoms with Crippen LogP contribution in [-0.4, -0.2) is 32.2 Å². The molecular weight excluding hydrogens is 474 g/mol. The number of para-hydroxylation sites is 1. The number of thiazole rings is 1. The zero-order valence-corrected chi connectivity index (χ0v) is 20.8. The van der Waals surface area contributed by atoms with E-state index >= 15 is 0 Å². The van der Waals surface area contributed by atoms with Gasteiger partial charge in [0.2, 0.25) is 0 Å². The number of benzene rings is 2. The maximum absolute atomic E-state index is 12.3. The second-order valence-corrected chi connectivity index (χ2v) is 9.72. The van der Waals surface area contributed by atoms with E-state index in [2.05, 4.69) is 40.4 Å². The van der Waals surface area contributed by atoms with Gasteiger partial charge in [-0.3, -0.25) is 9.36 Å². The van der Waals surface area contributed by atoms with Crippen LogP contribution in [0.4, 0.5) is 0 Å². The highest BCUT2D eigenvalue weighted by molar-refractivity contribution is 7.98. The summed E-state index contributed by atoms with van der Waals surface area (Å²) in [6, 6.07) is 15.7. The molecule has 1 amide bonds. The minimum Gasteiger partial charge on any atom is -0.351 e. The largest absolute Gasteiger partial charge is 0.351 e. The van der Waals surface area contributed by atoms with E-state index < -0.39 is 0 Å². The lowest BCUT2D eigenvalue weighted by Gasteiger charge is -2.13. The maximum Gasteiger partial charge on any atom is 0.270 e. The molecule has 0 saturated carbocycles. The number of amides is 1. The van der Waals surface area contributed by atoms with Crippen LogP contribution >= 0.6 is 34.7 Å². The molecule has 0 aliphatic carbocycles. The number of unbranched alkanes of at least 4 members (excludes halogenated alkanes) is 1. The first kappa shape index (κ1) is 23.5. The molecule has 0 radical (unpaired) electrons. The first-order valence-corrected chi connectivity index (χ1v) is 12.9. The number of hydrogen-bond acceptors (Lipinski definition) is 6. The second kappa shape index (κ2) is 11.0. The van der Waals surface area contributed by atoms with Crippen LogP contribution in [-0.2, 0) is 5.75 Å². The van der Waals surface area contributed by atoms with Crippen LogP contribution in [0.25, 0.3) is 17.1 Å². The molecule has 9 heteroatoms. The molecule has 0 spiro atoms. The summed E-state index contributed by atoms with van der Waals surface area (Å²) in [5.74, 6) is 1.15. The Morgan fingerprint density at radius 3 is 2.73 bits per heavy atom. The predicted molar refractivity (Wildman–Crippen MR) is 135 cm³/mol. The van der Waals surface area contributed by atoms with Crippen molar-refractivity contribution in [2.24, 2.45) is 0 Å². The fourth-order valence-electron chi connectivity index (χ4n) is 3.29. The molecule has 0 aliphatic heterocycles. The number of hydrogen-bond donors (Lipinski definition) is 1. The molecule has 4 aromatic rings. The summed E-state index contributed by atoms with van der Waals surface area (Å²) in [7, 11) is 0. The summed E-state index contributed by atoms with van der Waals surface area (Å²) < 4.78 is 2.03. The van der Waals surface area contributed by atoms with Crippen molar-refractivity contribution in [1.29, 1.82) is 0 Å². The number of aryl methyl sites for hydroxylation is 1. The van der Waals surface area contributed by atoms with E-state index in [1.807, 2.05) is 47.0 Å². The van der Waals surface area contributed by atoms with Gasteiger partial charge in [-0.05, 0) is 37.1 Å². The zero-order chi connectivity index (χ0) is 23.2. The number of carbonyl (C=O) groups is 1. The molecule has 2 heterocycles. The maximum atomic E-state index is 12.3. The normalized spacial score (nSPS) is 11.0. The Labute approximate surface area is 206 Å². The highest BCUT2D eigenvalue weighted by Crippen LogP contribution is 2.34. The fourth-order valence-corrected chi connectivity index (χ4v) is 5.25. The first-order chi connectivity index (χ1) is 16.1. The number of halogens is 1. The predicted octanol–water partition coefficient (Wildman–Crippen LogP) is 6.17. The van der Waals surface area contributed by atoms with Crippen molar-refractivity contribution in [1.82, 2.24) is 25.1 Å². The van der Waals surface area contributed by atoms with Gasteiger partial charge in [-0.1, -0.05) is 67.0 Å². The van der Waals surface area contributed by atoms with Crippen LogP contribution in [0.5, 0.6) is 0 Å². The van der Waals surface area contributed by atoms with Crippen LogP contribution in [0.15, 0.2) is 59.1 Å². The van der Waals surface area contributed by atoms with Crippen LogP contribution in [0, 0.1) is 6.92 Å². The Balaban J connectivity index is 1.60. The number of nitrogens with one attached hydrogen (secondary N) is 1. The topological polar surface area (TPSA) is 72.7 Å². The molecule has 1 N–H and O–H groups in total. The molecule has 0 fully saturated rings. The summed E-state index contributed by atoms with van der Waals surface area (Å²) in [5, 5.41) is 15.9. The van der Waals surface area contributed by atoms with Crippen molar-refractivity contribution < 1.29 is 4.79 Å². The Kier molecular flexibility index (Phi) is 7.80. The molecule has 0 atom stereocenters. The second-order valence-electron chi connectivity index (χ2n) is 7.43. The molecule has 2 aromatic heterocycles. The van der Waals surface area contributed by atoms with Crippen molar-refractivity contribution in [3.63, 3.8) is 0 Å². The van der Waals surface area contributed by atoms with Crippen molar-refractivity contribution in [3.05, 3.63) is 75.2 Å². The van der Waals surface area contributed by atoms with Crippen LogP contribution in [0.3, 0.4) is 0 Å². The standard InChI is InChI=1S/C24H24ClN5OS2/c1-3-4-13-26-23(31)19-14-32-21(27-19)15-33-24-29-28-22(17-10-6-7-11-18(17)25)30(24)20-12-8-5-9-16(20)2/h5-12,14H,3-4,13,15H2,1-2H3,(H,26,31). The van der Waals surface area contributed by atoms with Crippen molar-refractivity contribution in [3.8, 4) is 17.1 Å². The molecule has 0 bridgehead atoms. The van der Waals surface area contributed by atoms with E-state index in [9.17, 15) is 4.79 Å². The monoisotopic (exact) mass is 497 g/mol. The molecule has 0 unspecified atom stereocenters. The number of rotatable bonds is 9. The third-order valence-electron chi connectivity index (χ3n) is 5.03. The quantitative estimate of drug-likeness (QED) is 0.221. The van der Waals surface area contributed by atoms with E-state index in [4.69, 9.17) is 11.6 Å². The molecule has 6 nitrogen and oxygen atoms in total. The first-order valence-electron chi connectivity index (χ1n) is 10.7. The third kappa shape index (κ3) is 5.46. The number of carbonyl (C=O) groups excluding carboxylic acids is 1. The molecule has 170 valence electrons. The lowest BCUT2D eigenvalue weighted by atomic mass is 10.1. The van der Waals surface area contributed by atoms with Gasteiger partial charge in [-0.25, -0.2) is 4.98 Å². The average molecular weight is 498 g/mol. The molecule has 0 aliphatic rings. The minimum absolute atomic E-state index is 0.125. The van der Waals surface area contributed by atoms with Crippen LogP contribution in [0.2, 0.25) is 5.02 Å². The van der Waals surface area contributed by atoms with E-state index in [0.717, 1.165) is 39.8 Å². The van der Waals surface area contributed by atoms with Crippen LogP contribution < -0.4 is 5.32 Å². The number of aromatic nitrogens is 4. The van der Waals surface area contributed by atoms with Gasteiger partial charge in [0.1, 0.15) is 10.7 Å². The molecule has 33 heavy (non-hydrogen) atoms. The average Bonchev–Trinajstić information content (AvgIpc) is 3.46. The molecule has 0 saturated heterocycles. The van der Waals surface area contributed by atoms with Gasteiger partial charge in [0.25, 0.3) is 5.91 Å². The minimum atomic E-state index is -0.125. The van der Waals surface area contributed by atoms with E-state index in [1.165, 1.54) is 23.1 Å². The lowest BCUT2D eigenvalue weighted by molar-refractivity contribution is 0.0948. The fraction of sp³-hybridized carbons (Fsp3) is 0.250. The van der Waals surface area contributed by atoms with Crippen molar-refractivity contribution >= 4 is 40.6 Å². The van der Waals surface area contributed by atoms with Gasteiger partial charge in [0.05, 0.1) is 16.5 Å². The lowest BCUT2D eigenvalue weighted by Crippen LogP contribution is -2.24. The number of nitrogens with zero attached hydrogens (tertiary/aromatic N) is 4. The zero-order valence-electron chi connectivity index (χ0n) is 18.4. The van der Waals surface area contributed by atoms with Gasteiger partial charge < -0.3 is 5.32 Å². The van der Waals surface area contributed by atoms with Gasteiger partial charge in [0, 0.05) is 17.5 Å². The van der Waals surface area contributed by atoms with E-state index in [-0.39, 0.29) is 5.91 Å². The molecular formula is C24H24ClN5OS2. The summed E-state index contributed by atoms with van der Waals surface area (Å²) in [6.07, 6.45) is 2.00. The Morgan fingerprint density at radius 1 is 1.15 bits per heavy atom. The summed E-state index contributed by atoms with van der Waals surface area (Å²) in [6.45, 7) is 4.82. The van der Waals surface area contributed by atoms with Gasteiger partial charge in [-0.2, -0.15) is 0 Å². The summed E-state index contributed by atoms with van der Waals surface area (Å²) >= 11 is 9.49. The number of thioether (sulfide) groups is 1. The SMILES string of the molecule is CCCCNC(=O)c1csc(CSc2nnc(-c3ccccc3Cl)n2-c2ccccc2C)n1. The Morgan fingerprint density at radius 2 is 1.94 bits per heavy atom. The molecule has 2 aromatic carbocycles. The van der Waals surface area contributed by atoms with E-state index in [0.29, 0.717) is 28.8 Å². The van der Waals surface area contributed by atoms with Gasteiger partial charge in [0.15, 0.2) is 11.0 Å². The van der Waals surface area contributed by atoms with Crippen molar-refractivity contribution in [2.45, 2.75) is 37.6 Å². The Hall–Kier alpha value is -2.68. The summed E-state index contributed by atoms with van der Waals surface area (Å²) in [5.41, 5.74) is 3.38. The van der Waals surface area contributed by atoms with E-state index in [1.54, 1.807) is 5.38 Å². The van der Waals surface area contributed by atoms with Gasteiger partial charge >= 0.3 is 0 Å². The van der Waals surface area contributed by atoms with Crippen LogP contribution in [0.1, 0.15) is 40.8 Å². The summed E-state index contributed by atoms with van der Waals surface area (Å²) in [4.78, 5) is 16.8.